The monoisotopic (exact) mass is 720 g/mol. The van der Waals surface area contributed by atoms with E-state index in [4.69, 9.17) is 27.2 Å². The van der Waals surface area contributed by atoms with Gasteiger partial charge in [0.15, 0.2) is 6.10 Å². The van der Waals surface area contributed by atoms with E-state index < -0.39 is 60.1 Å². The van der Waals surface area contributed by atoms with Crippen molar-refractivity contribution in [2.45, 2.75) is 42.4 Å². The Balaban J connectivity index is 0. The van der Waals surface area contributed by atoms with Crippen molar-refractivity contribution in [3.8, 4) is 0 Å². The second-order valence-corrected chi connectivity index (χ2v) is 5.12. The van der Waals surface area contributed by atoms with Crippen LogP contribution in [0.4, 0.5) is 0 Å². The van der Waals surface area contributed by atoms with E-state index in [0.717, 1.165) is 0 Å². The fourth-order valence-electron chi connectivity index (χ4n) is 1.64. The maximum atomic E-state index is 11.5. The molecule has 1 aliphatic rings. The molecule has 1 rings (SSSR count). The first kappa shape index (κ1) is 25.2. The van der Waals surface area contributed by atoms with E-state index in [1.54, 1.807) is 0 Å². The summed E-state index contributed by atoms with van der Waals surface area (Å²) in [6.07, 6.45) is -7.98. The van der Waals surface area contributed by atoms with Crippen LogP contribution in [0, 0.1) is 0 Å². The number of carbonyl (C=O) groups is 2. The number of rotatable bonds is 5. The smallest absolute Gasteiger partial charge is 0.757 e. The quantitative estimate of drug-likeness (QED) is 0.130. The standard InChI is InChI=1S/C10H16O8S2.2Au/c11-2-4-6(14)7(15)8(10(20)17-4)18-9(16)3(12)1-5(13)19;;/h3-4,6-8,10-12,14-15,20H,1-2H2,(H,13,19);;/q;2*+1/p-2/t3?,4-,6-,7+,8-,10-;;/m1../s1. The SMILES string of the molecule is O=C([S-])CC(O)C(=O)O[C@@H]1[C@@H](O)[C@H](O)[C@@H](CO)O[C@@H]1[S-].[Au+].[Au+]. The van der Waals surface area contributed by atoms with Crippen molar-refractivity contribution in [1.29, 1.82) is 0 Å². The fraction of sp³-hybridized carbons (Fsp3) is 0.800. The van der Waals surface area contributed by atoms with Crippen LogP contribution >= 0.6 is 0 Å². The average Bonchev–Trinajstić information content (AvgIpc) is 2.37. The van der Waals surface area contributed by atoms with E-state index >= 15 is 0 Å². The second-order valence-electron chi connectivity index (χ2n) is 4.20. The number of ether oxygens (including phenoxy) is 2. The zero-order valence-corrected chi connectivity index (χ0v) is 16.7. The van der Waals surface area contributed by atoms with E-state index in [1.165, 1.54) is 0 Å². The Morgan fingerprint density at radius 1 is 1.23 bits per heavy atom. The topological polar surface area (TPSA) is 134 Å². The molecular formula is C10H14Au2O8S2. The zero-order valence-electron chi connectivity index (χ0n) is 10.7. The summed E-state index contributed by atoms with van der Waals surface area (Å²) < 4.78 is 9.73. The van der Waals surface area contributed by atoms with Crippen molar-refractivity contribution in [3.63, 3.8) is 0 Å². The molecule has 0 amide bonds. The number of aliphatic hydroxyl groups excluding tert-OH is 4. The van der Waals surface area contributed by atoms with E-state index in [-0.39, 0.29) is 44.8 Å². The van der Waals surface area contributed by atoms with Crippen LogP contribution in [0.1, 0.15) is 6.42 Å². The molecule has 1 aliphatic heterocycles. The Bertz CT molecular complexity index is 375. The van der Waals surface area contributed by atoms with Crippen molar-refractivity contribution < 1.29 is 84.2 Å². The molecule has 22 heavy (non-hydrogen) atoms. The third-order valence-electron chi connectivity index (χ3n) is 2.71. The van der Waals surface area contributed by atoms with Gasteiger partial charge >= 0.3 is 50.7 Å². The van der Waals surface area contributed by atoms with Gasteiger partial charge in [-0.1, -0.05) is 0 Å². The Morgan fingerprint density at radius 3 is 2.23 bits per heavy atom. The number of aliphatic hydroxyl groups is 4. The van der Waals surface area contributed by atoms with Crippen LogP contribution in [-0.2, 0) is 89.1 Å². The molecule has 8 nitrogen and oxygen atoms in total. The molecule has 1 fully saturated rings. The van der Waals surface area contributed by atoms with Gasteiger partial charge in [0.2, 0.25) is 0 Å². The molecule has 0 spiro atoms. The maximum absolute atomic E-state index is 11.5. The second kappa shape index (κ2) is 11.5. The first-order valence-corrected chi connectivity index (χ1v) is 6.52. The molecule has 4 N–H and O–H groups in total. The molecule has 1 saturated heterocycles. The third-order valence-corrected chi connectivity index (χ3v) is 3.25. The summed E-state index contributed by atoms with van der Waals surface area (Å²) in [7, 11) is 0. The number of hydrogen-bond acceptors (Lipinski definition) is 10. The van der Waals surface area contributed by atoms with Crippen LogP contribution in [0.2, 0.25) is 0 Å². The zero-order chi connectivity index (χ0) is 15.4. The molecule has 12 heteroatoms. The number of carbonyl (C=O) groups excluding carboxylic acids is 2. The van der Waals surface area contributed by atoms with Gasteiger partial charge < -0.3 is 60.0 Å². The molecule has 0 radical (unpaired) electrons. The molecule has 0 saturated carbocycles. The molecule has 0 bridgehead atoms. The van der Waals surface area contributed by atoms with Crippen LogP contribution < -0.4 is 0 Å². The molecule has 136 valence electrons. The molecule has 0 aromatic rings. The Morgan fingerprint density at radius 2 is 1.77 bits per heavy atom. The minimum atomic E-state index is -1.78. The fourth-order valence-corrected chi connectivity index (χ4v) is 2.15. The van der Waals surface area contributed by atoms with Gasteiger partial charge in [0.1, 0.15) is 24.4 Å². The summed E-state index contributed by atoms with van der Waals surface area (Å²) in [6, 6.07) is 0. The molecule has 0 aromatic heterocycles. The third kappa shape index (κ3) is 6.85. The minimum Gasteiger partial charge on any atom is -0.757 e. The van der Waals surface area contributed by atoms with E-state index in [0.29, 0.717) is 0 Å². The van der Waals surface area contributed by atoms with Gasteiger partial charge in [0, 0.05) is 11.5 Å². The summed E-state index contributed by atoms with van der Waals surface area (Å²) in [4.78, 5) is 22.1. The van der Waals surface area contributed by atoms with Gasteiger partial charge in [-0.05, 0) is 5.44 Å². The summed E-state index contributed by atoms with van der Waals surface area (Å²) in [5.41, 5.74) is -1.22. The van der Waals surface area contributed by atoms with Crippen LogP contribution in [0.3, 0.4) is 0 Å². The van der Waals surface area contributed by atoms with Crippen LogP contribution in [0.25, 0.3) is 0 Å². The maximum Gasteiger partial charge on any atom is 1.00 e. The molecule has 1 heterocycles. The van der Waals surface area contributed by atoms with Gasteiger partial charge in [-0.2, -0.15) is 0 Å². The summed E-state index contributed by atoms with van der Waals surface area (Å²) >= 11 is 9.03. The molecule has 0 aromatic carbocycles. The van der Waals surface area contributed by atoms with Crippen molar-refractivity contribution >= 4 is 36.3 Å². The Kier molecular flexibility index (Phi) is 13.2. The van der Waals surface area contributed by atoms with Gasteiger partial charge in [-0.25, -0.2) is 4.79 Å². The summed E-state index contributed by atoms with van der Waals surface area (Å²) in [6.45, 7) is -0.570. The van der Waals surface area contributed by atoms with Crippen molar-refractivity contribution in [2.24, 2.45) is 0 Å². The largest absolute Gasteiger partial charge is 1.00 e. The van der Waals surface area contributed by atoms with E-state index in [1.807, 2.05) is 0 Å². The van der Waals surface area contributed by atoms with Crippen LogP contribution in [0.5, 0.6) is 0 Å². The van der Waals surface area contributed by atoms with Gasteiger partial charge in [-0.15, -0.1) is 0 Å². The van der Waals surface area contributed by atoms with Crippen molar-refractivity contribution in [1.82, 2.24) is 0 Å². The minimum absolute atomic E-state index is 0. The van der Waals surface area contributed by atoms with Crippen molar-refractivity contribution in [3.05, 3.63) is 0 Å². The average molecular weight is 720 g/mol. The van der Waals surface area contributed by atoms with E-state index in [9.17, 15) is 24.9 Å². The Hall–Kier alpha value is 0.991. The Labute approximate surface area is 168 Å². The first-order valence-electron chi connectivity index (χ1n) is 5.64. The summed E-state index contributed by atoms with van der Waals surface area (Å²) in [5, 5.41) is 36.8. The first-order chi connectivity index (χ1) is 9.27. The molecule has 1 unspecified atom stereocenters. The number of hydrogen-bond donors (Lipinski definition) is 4. The van der Waals surface area contributed by atoms with Crippen LogP contribution in [-0.4, -0.2) is 74.1 Å². The summed E-state index contributed by atoms with van der Waals surface area (Å²) in [5.74, 6) is -1.21. The molecule has 0 aliphatic carbocycles. The van der Waals surface area contributed by atoms with E-state index in [2.05, 4.69) is 12.6 Å². The molecular weight excluding hydrogens is 706 g/mol. The normalized spacial score (nSPS) is 32.1. The molecule has 6 atom stereocenters. The van der Waals surface area contributed by atoms with Crippen LogP contribution in [0.15, 0.2) is 0 Å². The van der Waals surface area contributed by atoms with Gasteiger partial charge in [-0.3, -0.25) is 0 Å². The van der Waals surface area contributed by atoms with Gasteiger partial charge in [0.25, 0.3) is 0 Å². The van der Waals surface area contributed by atoms with Crippen molar-refractivity contribution in [2.75, 3.05) is 6.61 Å². The predicted octanol–water partition coefficient (Wildman–Crippen LogP) is -3.30. The number of esters is 1. The van der Waals surface area contributed by atoms with Gasteiger partial charge in [0.05, 0.1) is 6.61 Å². The predicted molar refractivity (Wildman–Crippen MR) is 68.0 cm³/mol.